The van der Waals surface area contributed by atoms with Gasteiger partial charge < -0.3 is 20.7 Å². The van der Waals surface area contributed by atoms with E-state index in [1.807, 2.05) is 0 Å². The summed E-state index contributed by atoms with van der Waals surface area (Å²) in [6.45, 7) is 1.17. The summed E-state index contributed by atoms with van der Waals surface area (Å²) in [4.78, 5) is 25.0. The molecule has 0 bridgehead atoms. The number of fused-ring (bicyclic) bond motifs is 1. The van der Waals surface area contributed by atoms with E-state index in [2.05, 4.69) is 16.0 Å². The molecule has 31 heavy (non-hydrogen) atoms. The fourth-order valence-corrected chi connectivity index (χ4v) is 4.28. The highest BCUT2D eigenvalue weighted by Gasteiger charge is 2.31. The number of hydrogen-bond acceptors (Lipinski definition) is 4. The zero-order chi connectivity index (χ0) is 22.0. The predicted molar refractivity (Wildman–Crippen MR) is 112 cm³/mol. The summed E-state index contributed by atoms with van der Waals surface area (Å²) in [5, 5.41) is 8.49. The van der Waals surface area contributed by atoms with Gasteiger partial charge in [-0.1, -0.05) is 11.6 Å². The smallest absolute Gasteiger partial charge is 0.407 e. The summed E-state index contributed by atoms with van der Waals surface area (Å²) in [7, 11) is 0. The van der Waals surface area contributed by atoms with Crippen LogP contribution < -0.4 is 16.0 Å². The lowest BCUT2D eigenvalue weighted by Crippen LogP contribution is -2.33. The lowest BCUT2D eigenvalue weighted by molar-refractivity contribution is 0.102. The van der Waals surface area contributed by atoms with Gasteiger partial charge in [0.25, 0.3) is 5.91 Å². The van der Waals surface area contributed by atoms with Gasteiger partial charge in [-0.2, -0.15) is 0 Å². The number of carbonyl (C=O) groups excluding carboxylic acids is 2. The molecule has 2 aliphatic rings. The lowest BCUT2D eigenvalue weighted by atomic mass is 10.0. The van der Waals surface area contributed by atoms with Gasteiger partial charge in [0, 0.05) is 22.9 Å². The Morgan fingerprint density at radius 3 is 2.71 bits per heavy atom. The van der Waals surface area contributed by atoms with Gasteiger partial charge in [-0.25, -0.2) is 13.6 Å². The number of amides is 2. The zero-order valence-electron chi connectivity index (χ0n) is 16.6. The minimum atomic E-state index is -0.609. The molecule has 1 aliphatic carbocycles. The number of carbonyl (C=O) groups is 2. The number of alkyl carbamates (subject to hydrolysis) is 1. The Kier molecular flexibility index (Phi) is 6.38. The molecule has 3 N–H and O–H groups in total. The molecular formula is C22H22ClF2N3O3. The van der Waals surface area contributed by atoms with E-state index in [1.165, 1.54) is 24.3 Å². The summed E-state index contributed by atoms with van der Waals surface area (Å²) < 4.78 is 33.2. The Morgan fingerprint density at radius 1 is 1.16 bits per heavy atom. The number of halogens is 3. The molecular weight excluding hydrogens is 428 g/mol. The molecule has 164 valence electrons. The molecule has 9 heteroatoms. The number of ether oxygens (including phenoxy) is 1. The fraction of sp³-hybridized carbons (Fsp3) is 0.364. The maximum Gasteiger partial charge on any atom is 0.407 e. The first-order valence-corrected chi connectivity index (χ1v) is 10.5. The van der Waals surface area contributed by atoms with Crippen molar-refractivity contribution in [2.24, 2.45) is 0 Å². The maximum absolute atomic E-state index is 14.6. The third-order valence-electron chi connectivity index (χ3n) is 5.63. The molecule has 1 unspecified atom stereocenters. The summed E-state index contributed by atoms with van der Waals surface area (Å²) >= 11 is 5.76. The van der Waals surface area contributed by atoms with Crippen molar-refractivity contribution < 1.29 is 23.1 Å². The fourth-order valence-electron chi connectivity index (χ4n) is 4.10. The van der Waals surface area contributed by atoms with Crippen molar-refractivity contribution in [3.63, 3.8) is 0 Å². The third kappa shape index (κ3) is 4.80. The Bertz CT molecular complexity index is 1010. The van der Waals surface area contributed by atoms with Crippen LogP contribution in [0.4, 0.5) is 19.3 Å². The number of benzene rings is 2. The van der Waals surface area contributed by atoms with Crippen LogP contribution in [0.25, 0.3) is 0 Å². The highest BCUT2D eigenvalue weighted by Crippen LogP contribution is 2.36. The second-order valence-electron chi connectivity index (χ2n) is 7.70. The lowest BCUT2D eigenvalue weighted by Gasteiger charge is -2.17. The monoisotopic (exact) mass is 449 g/mol. The van der Waals surface area contributed by atoms with Crippen molar-refractivity contribution in [2.75, 3.05) is 18.5 Å². The largest absolute Gasteiger partial charge is 0.448 e. The second kappa shape index (κ2) is 9.20. The number of hydrogen-bond donors (Lipinski definition) is 3. The second-order valence-corrected chi connectivity index (χ2v) is 8.10. The number of rotatable bonds is 5. The topological polar surface area (TPSA) is 79.5 Å². The Hall–Kier alpha value is -2.71. The van der Waals surface area contributed by atoms with E-state index in [0.717, 1.165) is 25.5 Å². The van der Waals surface area contributed by atoms with Gasteiger partial charge >= 0.3 is 6.09 Å². The van der Waals surface area contributed by atoms with Gasteiger partial charge in [0.2, 0.25) is 0 Å². The van der Waals surface area contributed by atoms with Crippen LogP contribution in [-0.2, 0) is 11.2 Å². The standard InChI is InChI=1S/C22H22ClF2N3O3/c23-16-10-12(3-6-17(16)24)27-21(29)15-4-7-18(25)20-14(15)5-8-19(20)28-22(30)31-11-13-2-1-9-26-13/h3-4,6-7,10,13,19,26H,1-2,5,8-9,11H2,(H,27,29)(H,28,30)/t13?,19-/m0/s1. The van der Waals surface area contributed by atoms with Crippen molar-refractivity contribution in [1.29, 1.82) is 0 Å². The van der Waals surface area contributed by atoms with E-state index in [4.69, 9.17) is 16.3 Å². The highest BCUT2D eigenvalue weighted by molar-refractivity contribution is 6.31. The van der Waals surface area contributed by atoms with Gasteiger partial charge in [0.05, 0.1) is 11.1 Å². The van der Waals surface area contributed by atoms with Crippen molar-refractivity contribution in [3.8, 4) is 0 Å². The van der Waals surface area contributed by atoms with Gasteiger partial charge in [-0.3, -0.25) is 4.79 Å². The summed E-state index contributed by atoms with van der Waals surface area (Å²) in [5.74, 6) is -1.54. The van der Waals surface area contributed by atoms with Crippen LogP contribution in [0.15, 0.2) is 30.3 Å². The molecule has 4 rings (SSSR count). The van der Waals surface area contributed by atoms with Crippen LogP contribution in [0.5, 0.6) is 0 Å². The molecule has 1 fully saturated rings. The zero-order valence-corrected chi connectivity index (χ0v) is 17.4. The van der Waals surface area contributed by atoms with Crippen molar-refractivity contribution >= 4 is 29.3 Å². The average molecular weight is 450 g/mol. The van der Waals surface area contributed by atoms with E-state index in [1.54, 1.807) is 0 Å². The minimum absolute atomic E-state index is 0.113. The van der Waals surface area contributed by atoms with E-state index >= 15 is 0 Å². The first-order chi connectivity index (χ1) is 14.9. The summed E-state index contributed by atoms with van der Waals surface area (Å²) in [6.07, 6.45) is 2.27. The normalized spacial score (nSPS) is 19.7. The molecule has 0 radical (unpaired) electrons. The first kappa shape index (κ1) is 21.5. The Morgan fingerprint density at radius 2 is 1.97 bits per heavy atom. The minimum Gasteiger partial charge on any atom is -0.448 e. The van der Waals surface area contributed by atoms with Crippen molar-refractivity contribution in [1.82, 2.24) is 10.6 Å². The molecule has 6 nitrogen and oxygen atoms in total. The molecule has 0 aromatic heterocycles. The molecule has 1 heterocycles. The number of anilines is 1. The van der Waals surface area contributed by atoms with Gasteiger partial charge in [0.1, 0.15) is 18.2 Å². The van der Waals surface area contributed by atoms with Crippen LogP contribution in [0.1, 0.15) is 46.8 Å². The maximum atomic E-state index is 14.6. The molecule has 2 aromatic carbocycles. The molecule has 1 aliphatic heterocycles. The molecule has 2 amide bonds. The van der Waals surface area contributed by atoms with Crippen LogP contribution in [-0.4, -0.2) is 31.2 Å². The van der Waals surface area contributed by atoms with Crippen LogP contribution in [0, 0.1) is 11.6 Å². The van der Waals surface area contributed by atoms with Crippen LogP contribution in [0.3, 0.4) is 0 Å². The predicted octanol–water partition coefficient (Wildman–Crippen LogP) is 4.34. The number of nitrogens with one attached hydrogen (secondary N) is 3. The molecule has 0 saturated carbocycles. The van der Waals surface area contributed by atoms with Crippen LogP contribution >= 0.6 is 11.6 Å². The molecule has 2 atom stereocenters. The molecule has 0 spiro atoms. The van der Waals surface area contributed by atoms with Crippen molar-refractivity contribution in [3.05, 3.63) is 63.7 Å². The van der Waals surface area contributed by atoms with E-state index in [9.17, 15) is 18.4 Å². The average Bonchev–Trinajstić information content (AvgIpc) is 3.40. The Labute approximate surface area is 183 Å². The highest BCUT2D eigenvalue weighted by atomic mass is 35.5. The molecule has 1 saturated heterocycles. The first-order valence-electron chi connectivity index (χ1n) is 10.2. The van der Waals surface area contributed by atoms with Crippen molar-refractivity contribution in [2.45, 2.75) is 37.8 Å². The SMILES string of the molecule is O=C(N[C@H]1CCc2c(C(=O)Nc3ccc(F)c(Cl)c3)ccc(F)c21)OCC1CCCN1. The molecule has 2 aromatic rings. The summed E-state index contributed by atoms with van der Waals surface area (Å²) in [6, 6.07) is 6.03. The van der Waals surface area contributed by atoms with E-state index < -0.39 is 29.7 Å². The summed E-state index contributed by atoms with van der Waals surface area (Å²) in [5.41, 5.74) is 1.45. The van der Waals surface area contributed by atoms with Gasteiger partial charge in [-0.15, -0.1) is 0 Å². The van der Waals surface area contributed by atoms with Gasteiger partial charge in [-0.05, 0) is 68.1 Å². The Balaban J connectivity index is 1.46. The van der Waals surface area contributed by atoms with E-state index in [0.29, 0.717) is 35.2 Å². The quantitative estimate of drug-likeness (QED) is 0.634. The third-order valence-corrected chi connectivity index (χ3v) is 5.92. The van der Waals surface area contributed by atoms with E-state index in [-0.39, 0.29) is 17.7 Å². The van der Waals surface area contributed by atoms with Crippen LogP contribution in [0.2, 0.25) is 5.02 Å². The van der Waals surface area contributed by atoms with Gasteiger partial charge in [0.15, 0.2) is 0 Å².